The molecule has 1 amide bonds. The normalized spacial score (nSPS) is 12.5. The molecule has 0 aliphatic heterocycles. The number of carbonyl (C=O) groups is 1. The highest BCUT2D eigenvalue weighted by Crippen LogP contribution is 2.16. The molecule has 0 fully saturated rings. The Morgan fingerprint density at radius 2 is 2.21 bits per heavy atom. The minimum absolute atomic E-state index is 0.452. The van der Waals surface area contributed by atoms with Gasteiger partial charge in [0, 0.05) is 5.02 Å². The summed E-state index contributed by atoms with van der Waals surface area (Å²) in [5.41, 5.74) is 12.5. The zero-order valence-corrected chi connectivity index (χ0v) is 8.71. The molecule has 3 nitrogen and oxygen atoms in total. The van der Waals surface area contributed by atoms with Gasteiger partial charge in [-0.3, -0.25) is 4.79 Å². The molecule has 1 rings (SSSR count). The van der Waals surface area contributed by atoms with Gasteiger partial charge in [0.25, 0.3) is 0 Å². The van der Waals surface area contributed by atoms with Crippen LogP contribution < -0.4 is 11.5 Å². The molecule has 1 aromatic rings. The number of hydrogen-bond donors (Lipinski definition) is 2. The van der Waals surface area contributed by atoms with Crippen molar-refractivity contribution in [2.24, 2.45) is 11.5 Å². The minimum atomic E-state index is -0.629. The van der Waals surface area contributed by atoms with Crippen LogP contribution in [0.3, 0.4) is 0 Å². The quantitative estimate of drug-likeness (QED) is 0.785. The van der Waals surface area contributed by atoms with Gasteiger partial charge in [-0.15, -0.1) is 0 Å². The Balaban J connectivity index is 2.78. The monoisotopic (exact) mass is 212 g/mol. The van der Waals surface area contributed by atoms with E-state index in [1.807, 2.05) is 19.1 Å². The second-order valence-corrected chi connectivity index (χ2v) is 3.70. The summed E-state index contributed by atoms with van der Waals surface area (Å²) in [6.07, 6.45) is 0.452. The van der Waals surface area contributed by atoms with Crippen LogP contribution in [0.1, 0.15) is 11.1 Å². The Kier molecular flexibility index (Phi) is 3.49. The molecule has 0 aromatic heterocycles. The lowest BCUT2D eigenvalue weighted by Crippen LogP contribution is -2.38. The molecule has 0 aliphatic carbocycles. The van der Waals surface area contributed by atoms with Crippen molar-refractivity contribution in [3.05, 3.63) is 34.3 Å². The van der Waals surface area contributed by atoms with Gasteiger partial charge in [0.2, 0.25) is 5.91 Å². The fourth-order valence-electron chi connectivity index (χ4n) is 1.19. The van der Waals surface area contributed by atoms with Crippen LogP contribution in [0.25, 0.3) is 0 Å². The Hall–Kier alpha value is -1.06. The lowest BCUT2D eigenvalue weighted by atomic mass is 10.0. The van der Waals surface area contributed by atoms with E-state index in [1.54, 1.807) is 6.07 Å². The van der Waals surface area contributed by atoms with Crippen LogP contribution in [0.4, 0.5) is 0 Å². The van der Waals surface area contributed by atoms with E-state index in [0.29, 0.717) is 11.4 Å². The van der Waals surface area contributed by atoms with E-state index in [0.717, 1.165) is 11.1 Å². The zero-order chi connectivity index (χ0) is 10.7. The molecule has 4 heteroatoms. The molecule has 0 heterocycles. The fourth-order valence-corrected chi connectivity index (χ4v) is 1.31. The van der Waals surface area contributed by atoms with Crippen molar-refractivity contribution in [1.82, 2.24) is 0 Å². The Labute approximate surface area is 88.0 Å². The van der Waals surface area contributed by atoms with E-state index >= 15 is 0 Å². The van der Waals surface area contributed by atoms with Crippen molar-refractivity contribution in [1.29, 1.82) is 0 Å². The molecule has 0 spiro atoms. The molecule has 0 radical (unpaired) electrons. The Bertz CT molecular complexity index is 352. The number of hydrogen-bond acceptors (Lipinski definition) is 2. The van der Waals surface area contributed by atoms with Gasteiger partial charge < -0.3 is 11.5 Å². The highest BCUT2D eigenvalue weighted by molar-refractivity contribution is 6.31. The fraction of sp³-hybridized carbons (Fsp3) is 0.300. The molecule has 76 valence electrons. The lowest BCUT2D eigenvalue weighted by Gasteiger charge is -2.08. The van der Waals surface area contributed by atoms with E-state index in [1.165, 1.54) is 0 Å². The third-order valence-electron chi connectivity index (χ3n) is 2.04. The van der Waals surface area contributed by atoms with Gasteiger partial charge >= 0.3 is 0 Å². The van der Waals surface area contributed by atoms with Crippen LogP contribution in [-0.2, 0) is 11.2 Å². The number of primary amides is 1. The Morgan fingerprint density at radius 3 is 2.71 bits per heavy atom. The molecular formula is C10H13ClN2O. The van der Waals surface area contributed by atoms with E-state index < -0.39 is 11.9 Å². The molecule has 14 heavy (non-hydrogen) atoms. The number of carbonyl (C=O) groups excluding carboxylic acids is 1. The molecule has 0 saturated heterocycles. The van der Waals surface area contributed by atoms with Crippen LogP contribution in [0.2, 0.25) is 5.02 Å². The third kappa shape index (κ3) is 2.72. The van der Waals surface area contributed by atoms with Crippen LogP contribution in [0.5, 0.6) is 0 Å². The van der Waals surface area contributed by atoms with Gasteiger partial charge in [0.1, 0.15) is 0 Å². The number of nitrogens with two attached hydrogens (primary N) is 2. The molecule has 1 aromatic carbocycles. The number of amides is 1. The van der Waals surface area contributed by atoms with Crippen LogP contribution in [-0.4, -0.2) is 11.9 Å². The standard InChI is InChI=1S/C10H13ClN2O/c1-6-4-7(2-3-8(6)11)5-9(12)10(13)14/h2-4,9H,5,12H2,1H3,(H2,13,14). The summed E-state index contributed by atoms with van der Waals surface area (Å²) in [4.78, 5) is 10.7. The minimum Gasteiger partial charge on any atom is -0.368 e. The maximum absolute atomic E-state index is 10.7. The predicted octanol–water partition coefficient (Wildman–Crippen LogP) is 1.00. The highest BCUT2D eigenvalue weighted by Gasteiger charge is 2.10. The summed E-state index contributed by atoms with van der Waals surface area (Å²) in [5, 5.41) is 0.710. The SMILES string of the molecule is Cc1cc(CC(N)C(N)=O)ccc1Cl. The third-order valence-corrected chi connectivity index (χ3v) is 2.47. The number of rotatable bonds is 3. The largest absolute Gasteiger partial charge is 0.368 e. The van der Waals surface area contributed by atoms with E-state index in [9.17, 15) is 4.79 Å². The molecular weight excluding hydrogens is 200 g/mol. The Morgan fingerprint density at radius 1 is 1.57 bits per heavy atom. The average Bonchev–Trinajstić information content (AvgIpc) is 2.11. The zero-order valence-electron chi connectivity index (χ0n) is 7.96. The molecule has 4 N–H and O–H groups in total. The summed E-state index contributed by atoms with van der Waals surface area (Å²) in [6.45, 7) is 1.90. The topological polar surface area (TPSA) is 69.1 Å². The second kappa shape index (κ2) is 4.44. The van der Waals surface area contributed by atoms with E-state index in [-0.39, 0.29) is 0 Å². The second-order valence-electron chi connectivity index (χ2n) is 3.30. The van der Waals surface area contributed by atoms with Crippen molar-refractivity contribution in [3.8, 4) is 0 Å². The van der Waals surface area contributed by atoms with Gasteiger partial charge in [-0.25, -0.2) is 0 Å². The first-order valence-electron chi connectivity index (χ1n) is 4.30. The van der Waals surface area contributed by atoms with Crippen molar-refractivity contribution < 1.29 is 4.79 Å². The summed E-state index contributed by atoms with van der Waals surface area (Å²) >= 11 is 5.86. The first-order valence-corrected chi connectivity index (χ1v) is 4.68. The first kappa shape index (κ1) is 11.0. The average molecular weight is 213 g/mol. The molecule has 1 unspecified atom stereocenters. The van der Waals surface area contributed by atoms with Gasteiger partial charge in [-0.1, -0.05) is 23.7 Å². The van der Waals surface area contributed by atoms with E-state index in [2.05, 4.69) is 0 Å². The van der Waals surface area contributed by atoms with Crippen LogP contribution in [0.15, 0.2) is 18.2 Å². The van der Waals surface area contributed by atoms with Crippen molar-refractivity contribution in [2.75, 3.05) is 0 Å². The van der Waals surface area contributed by atoms with Gasteiger partial charge in [-0.05, 0) is 30.5 Å². The van der Waals surface area contributed by atoms with Crippen molar-refractivity contribution >= 4 is 17.5 Å². The van der Waals surface area contributed by atoms with Crippen molar-refractivity contribution in [2.45, 2.75) is 19.4 Å². The van der Waals surface area contributed by atoms with Gasteiger partial charge in [-0.2, -0.15) is 0 Å². The van der Waals surface area contributed by atoms with Crippen LogP contribution in [0, 0.1) is 6.92 Å². The smallest absolute Gasteiger partial charge is 0.234 e. The summed E-state index contributed by atoms with van der Waals surface area (Å²) in [7, 11) is 0. The van der Waals surface area contributed by atoms with Gasteiger partial charge in [0.15, 0.2) is 0 Å². The predicted molar refractivity (Wildman–Crippen MR) is 57.1 cm³/mol. The summed E-state index contributed by atoms with van der Waals surface area (Å²) in [6, 6.07) is 4.92. The molecule has 0 bridgehead atoms. The lowest BCUT2D eigenvalue weighted by molar-refractivity contribution is -0.119. The first-order chi connectivity index (χ1) is 6.50. The summed E-state index contributed by atoms with van der Waals surface area (Å²) < 4.78 is 0. The molecule has 1 atom stereocenters. The highest BCUT2D eigenvalue weighted by atomic mass is 35.5. The number of aryl methyl sites for hydroxylation is 1. The number of benzene rings is 1. The van der Waals surface area contributed by atoms with Crippen LogP contribution >= 0.6 is 11.6 Å². The molecule has 0 aliphatic rings. The maximum atomic E-state index is 10.7. The number of halogens is 1. The van der Waals surface area contributed by atoms with Crippen molar-refractivity contribution in [3.63, 3.8) is 0 Å². The maximum Gasteiger partial charge on any atom is 0.234 e. The van der Waals surface area contributed by atoms with Gasteiger partial charge in [0.05, 0.1) is 6.04 Å². The summed E-state index contributed by atoms with van der Waals surface area (Å²) in [5.74, 6) is -0.488. The van der Waals surface area contributed by atoms with E-state index in [4.69, 9.17) is 23.1 Å². The molecule has 0 saturated carbocycles.